The third-order valence-corrected chi connectivity index (χ3v) is 4.90. The number of alkyl halides is 3. The minimum absolute atomic E-state index is 0.0577. The molecule has 9 heteroatoms. The smallest absolute Gasteiger partial charge is 0.435 e. The van der Waals surface area contributed by atoms with E-state index in [1.165, 1.54) is 18.4 Å². The molecule has 0 bridgehead atoms. The van der Waals surface area contributed by atoms with Gasteiger partial charge in [-0.25, -0.2) is 0 Å². The van der Waals surface area contributed by atoms with E-state index in [1.807, 2.05) is 6.92 Å². The van der Waals surface area contributed by atoms with E-state index >= 15 is 0 Å². The molecule has 0 atom stereocenters. The Morgan fingerprint density at radius 1 is 1.35 bits per heavy atom. The zero-order valence-corrected chi connectivity index (χ0v) is 14.7. The van der Waals surface area contributed by atoms with Crippen LogP contribution in [0.25, 0.3) is 10.1 Å². The van der Waals surface area contributed by atoms with Crippen LogP contribution in [0.2, 0.25) is 0 Å². The van der Waals surface area contributed by atoms with Gasteiger partial charge in [0.25, 0.3) is 0 Å². The summed E-state index contributed by atoms with van der Waals surface area (Å²) in [6.07, 6.45) is -4.56. The molecule has 5 nitrogen and oxygen atoms in total. The molecule has 2 aromatic heterocycles. The zero-order chi connectivity index (χ0) is 19.1. The molecule has 2 heterocycles. The van der Waals surface area contributed by atoms with Gasteiger partial charge in [0.05, 0.1) is 12.1 Å². The molecule has 0 saturated carbocycles. The number of hydrogen-bond donors (Lipinski definition) is 1. The molecule has 0 aliphatic carbocycles. The normalized spacial score (nSPS) is 11.9. The number of rotatable bonds is 5. The lowest BCUT2D eigenvalue weighted by molar-refractivity contribution is -0.141. The van der Waals surface area contributed by atoms with Gasteiger partial charge in [-0.1, -0.05) is 0 Å². The first kappa shape index (κ1) is 18.2. The van der Waals surface area contributed by atoms with E-state index in [0.29, 0.717) is 11.4 Å². The van der Waals surface area contributed by atoms with Crippen molar-refractivity contribution in [3.05, 3.63) is 46.1 Å². The highest BCUT2D eigenvalue weighted by molar-refractivity contribution is 7.17. The molecule has 0 radical (unpaired) electrons. The number of nitrogens with zero attached hydrogens (tertiary/aromatic N) is 2. The largest absolute Gasteiger partial charge is 0.487 e. The Hall–Kier alpha value is -2.55. The Labute approximate surface area is 150 Å². The Balaban J connectivity index is 1.82. The van der Waals surface area contributed by atoms with Crippen LogP contribution >= 0.6 is 11.3 Å². The number of aliphatic carboxylic acids is 1. The van der Waals surface area contributed by atoms with Gasteiger partial charge in [-0.05, 0) is 47.0 Å². The molecule has 0 saturated heterocycles. The average Bonchev–Trinajstić information content (AvgIpc) is 3.08. The van der Waals surface area contributed by atoms with Crippen molar-refractivity contribution in [3.8, 4) is 5.75 Å². The van der Waals surface area contributed by atoms with Gasteiger partial charge in [0.1, 0.15) is 12.4 Å². The topological polar surface area (TPSA) is 64.4 Å². The van der Waals surface area contributed by atoms with Crippen LogP contribution in [0.15, 0.2) is 23.6 Å². The van der Waals surface area contributed by atoms with Crippen molar-refractivity contribution in [2.75, 3.05) is 0 Å². The van der Waals surface area contributed by atoms with Crippen molar-refractivity contribution in [1.82, 2.24) is 9.78 Å². The molecular weight excluding hydrogens is 369 g/mol. The summed E-state index contributed by atoms with van der Waals surface area (Å²) in [5.41, 5.74) is 0.939. The van der Waals surface area contributed by atoms with Crippen LogP contribution in [0.5, 0.6) is 5.75 Å². The number of halogens is 3. The summed E-state index contributed by atoms with van der Waals surface area (Å²) in [5, 5.41) is 15.1. The van der Waals surface area contributed by atoms with E-state index in [9.17, 15) is 18.0 Å². The van der Waals surface area contributed by atoms with Crippen molar-refractivity contribution in [2.24, 2.45) is 7.05 Å². The minimum atomic E-state index is -4.50. The maximum absolute atomic E-state index is 12.7. The lowest BCUT2D eigenvalue weighted by Crippen LogP contribution is -2.06. The molecule has 0 fully saturated rings. The van der Waals surface area contributed by atoms with Gasteiger partial charge >= 0.3 is 12.1 Å². The fraction of sp³-hybridized carbons (Fsp3) is 0.294. The van der Waals surface area contributed by atoms with Crippen LogP contribution in [0.3, 0.4) is 0 Å². The number of benzene rings is 1. The predicted molar refractivity (Wildman–Crippen MR) is 90.4 cm³/mol. The van der Waals surface area contributed by atoms with Crippen molar-refractivity contribution in [2.45, 2.75) is 26.1 Å². The van der Waals surface area contributed by atoms with Crippen molar-refractivity contribution in [3.63, 3.8) is 0 Å². The molecule has 0 spiro atoms. The van der Waals surface area contributed by atoms with Gasteiger partial charge in [-0.2, -0.15) is 18.3 Å². The fourth-order valence-electron chi connectivity index (χ4n) is 2.73. The van der Waals surface area contributed by atoms with Gasteiger partial charge in [-0.3, -0.25) is 9.48 Å². The van der Waals surface area contributed by atoms with Crippen molar-refractivity contribution < 1.29 is 27.8 Å². The fourth-order valence-corrected chi connectivity index (χ4v) is 3.80. The SMILES string of the molecule is Cc1cc(OCc2cc(C(F)(F)F)nn2C)cc2scc(CC(=O)O)c12. The second kappa shape index (κ2) is 6.64. The van der Waals surface area contributed by atoms with Gasteiger partial charge in [0, 0.05) is 11.7 Å². The highest BCUT2D eigenvalue weighted by Gasteiger charge is 2.34. The summed E-state index contributed by atoms with van der Waals surface area (Å²) in [6.45, 7) is 1.79. The number of carboxylic acids is 1. The molecule has 0 aliphatic rings. The van der Waals surface area contributed by atoms with Crippen LogP contribution in [0.4, 0.5) is 13.2 Å². The van der Waals surface area contributed by atoms with Gasteiger partial charge in [0.15, 0.2) is 5.69 Å². The third kappa shape index (κ3) is 3.67. The number of thiophene rings is 1. The summed E-state index contributed by atoms with van der Waals surface area (Å²) >= 11 is 1.41. The number of ether oxygens (including phenoxy) is 1. The third-order valence-electron chi connectivity index (χ3n) is 3.92. The highest BCUT2D eigenvalue weighted by Crippen LogP contribution is 2.34. The summed E-state index contributed by atoms with van der Waals surface area (Å²) in [7, 11) is 1.43. The van der Waals surface area contributed by atoms with E-state index in [0.717, 1.165) is 32.0 Å². The lowest BCUT2D eigenvalue weighted by Gasteiger charge is -2.09. The van der Waals surface area contributed by atoms with Gasteiger partial charge < -0.3 is 9.84 Å². The second-order valence-electron chi connectivity index (χ2n) is 5.88. The summed E-state index contributed by atoms with van der Waals surface area (Å²) in [5.74, 6) is -0.394. The molecule has 1 N–H and O–H groups in total. The summed E-state index contributed by atoms with van der Waals surface area (Å²) < 4.78 is 45.8. The second-order valence-corrected chi connectivity index (χ2v) is 6.79. The molecule has 0 aliphatic heterocycles. The highest BCUT2D eigenvalue weighted by atomic mass is 32.1. The Morgan fingerprint density at radius 2 is 2.08 bits per heavy atom. The molecular formula is C17H15F3N2O3S. The average molecular weight is 384 g/mol. The number of fused-ring (bicyclic) bond motifs is 1. The first-order valence-corrected chi connectivity index (χ1v) is 8.48. The zero-order valence-electron chi connectivity index (χ0n) is 13.9. The molecule has 0 amide bonds. The van der Waals surface area contributed by atoms with E-state index in [4.69, 9.17) is 9.84 Å². The monoisotopic (exact) mass is 384 g/mol. The van der Waals surface area contributed by atoms with Crippen LogP contribution in [0.1, 0.15) is 22.5 Å². The Bertz CT molecular complexity index is 976. The number of hydrogen-bond acceptors (Lipinski definition) is 4. The van der Waals surface area contributed by atoms with Crippen LogP contribution in [-0.4, -0.2) is 20.9 Å². The molecule has 26 heavy (non-hydrogen) atoms. The number of aromatic nitrogens is 2. The summed E-state index contributed by atoms with van der Waals surface area (Å²) in [4.78, 5) is 10.9. The number of aryl methyl sites for hydroxylation is 2. The molecule has 3 aromatic rings. The lowest BCUT2D eigenvalue weighted by atomic mass is 10.1. The molecule has 1 aromatic carbocycles. The summed E-state index contributed by atoms with van der Waals surface area (Å²) in [6, 6.07) is 4.47. The van der Waals surface area contributed by atoms with E-state index < -0.39 is 17.8 Å². The molecule has 138 valence electrons. The van der Waals surface area contributed by atoms with Crippen LogP contribution in [0, 0.1) is 6.92 Å². The van der Waals surface area contributed by atoms with Crippen molar-refractivity contribution in [1.29, 1.82) is 0 Å². The number of carboxylic acid groups (broad SMARTS) is 1. The molecule has 0 unspecified atom stereocenters. The van der Waals surface area contributed by atoms with Gasteiger partial charge in [0.2, 0.25) is 0 Å². The van der Waals surface area contributed by atoms with Crippen molar-refractivity contribution >= 4 is 27.4 Å². The minimum Gasteiger partial charge on any atom is -0.487 e. The first-order valence-electron chi connectivity index (χ1n) is 7.60. The van der Waals surface area contributed by atoms with Crippen LogP contribution < -0.4 is 4.74 Å². The Kier molecular flexibility index (Phi) is 4.66. The first-order chi connectivity index (χ1) is 12.1. The predicted octanol–water partition coefficient (Wildman–Crippen LogP) is 4.17. The quantitative estimate of drug-likeness (QED) is 0.717. The van der Waals surface area contributed by atoms with E-state index in [-0.39, 0.29) is 13.0 Å². The Morgan fingerprint density at radius 3 is 2.69 bits per heavy atom. The maximum Gasteiger partial charge on any atom is 0.435 e. The standard InChI is InChI=1S/C17H15F3N2O3S/c1-9-3-12(6-13-16(9)10(8-26-13)4-15(23)24)25-7-11-5-14(17(18,19)20)21-22(11)2/h3,5-6,8H,4,7H2,1-2H3,(H,23,24). The van der Waals surface area contributed by atoms with E-state index in [1.54, 1.807) is 17.5 Å². The van der Waals surface area contributed by atoms with E-state index in [2.05, 4.69) is 5.10 Å². The maximum atomic E-state index is 12.7. The van der Waals surface area contributed by atoms with Gasteiger partial charge in [-0.15, -0.1) is 11.3 Å². The molecule has 3 rings (SSSR count). The van der Waals surface area contributed by atoms with Crippen LogP contribution in [-0.2, 0) is 31.0 Å². The number of carbonyl (C=O) groups is 1.